The van der Waals surface area contributed by atoms with Gasteiger partial charge in [0.2, 0.25) is 5.91 Å². The van der Waals surface area contributed by atoms with Crippen molar-refractivity contribution < 1.29 is 9.21 Å². The van der Waals surface area contributed by atoms with Gasteiger partial charge in [-0.2, -0.15) is 0 Å². The zero-order chi connectivity index (χ0) is 17.5. The molecule has 1 fully saturated rings. The van der Waals surface area contributed by atoms with Crippen LogP contribution in [0.15, 0.2) is 28.2 Å². The van der Waals surface area contributed by atoms with E-state index in [4.69, 9.17) is 4.42 Å². The summed E-state index contributed by atoms with van der Waals surface area (Å²) in [6.07, 6.45) is 8.43. The number of hydrogen-bond acceptors (Lipinski definition) is 4. The molecule has 0 bridgehead atoms. The topological polar surface area (TPSA) is 48.7 Å². The van der Waals surface area contributed by atoms with Crippen molar-refractivity contribution in [1.29, 1.82) is 0 Å². The molecular weight excluding hydrogens is 314 g/mol. The number of carbonyl (C=O) groups excluding carboxylic acids is 1. The van der Waals surface area contributed by atoms with Crippen LogP contribution in [-0.4, -0.2) is 55.0 Å². The molecule has 5 nitrogen and oxygen atoms in total. The monoisotopic (exact) mass is 345 g/mol. The molecule has 1 amide bonds. The van der Waals surface area contributed by atoms with Crippen LogP contribution >= 0.6 is 0 Å². The highest BCUT2D eigenvalue weighted by Gasteiger charge is 2.19. The van der Waals surface area contributed by atoms with E-state index in [-0.39, 0.29) is 5.91 Å². The minimum absolute atomic E-state index is 0.159. The number of nitrogens with zero attached hydrogens (tertiary/aromatic N) is 2. The number of amides is 1. The maximum absolute atomic E-state index is 12.1. The van der Waals surface area contributed by atoms with E-state index in [1.165, 1.54) is 31.3 Å². The fourth-order valence-electron chi connectivity index (χ4n) is 3.65. The first-order valence-electron chi connectivity index (χ1n) is 9.64. The summed E-state index contributed by atoms with van der Waals surface area (Å²) in [6, 6.07) is 4.07. The Hall–Kier alpha value is -1.59. The Morgan fingerprint density at radius 3 is 2.64 bits per heavy atom. The predicted molar refractivity (Wildman–Crippen MR) is 99.3 cm³/mol. The van der Waals surface area contributed by atoms with Crippen LogP contribution < -0.4 is 5.32 Å². The minimum Gasteiger partial charge on any atom is -0.465 e. The van der Waals surface area contributed by atoms with Crippen LogP contribution in [0.3, 0.4) is 0 Å². The fourth-order valence-corrected chi connectivity index (χ4v) is 3.65. The van der Waals surface area contributed by atoms with Gasteiger partial charge in [0.15, 0.2) is 0 Å². The van der Waals surface area contributed by atoms with Crippen molar-refractivity contribution in [2.24, 2.45) is 0 Å². The highest BCUT2D eigenvalue weighted by atomic mass is 16.3. The van der Waals surface area contributed by atoms with E-state index >= 15 is 0 Å². The van der Waals surface area contributed by atoms with Crippen molar-refractivity contribution >= 4 is 5.91 Å². The van der Waals surface area contributed by atoms with Gasteiger partial charge >= 0.3 is 0 Å². The Labute approximate surface area is 151 Å². The van der Waals surface area contributed by atoms with Crippen LogP contribution in [0, 0.1) is 6.92 Å². The smallest absolute Gasteiger partial charge is 0.234 e. The molecule has 1 aliphatic carbocycles. The summed E-state index contributed by atoms with van der Waals surface area (Å²) < 4.78 is 5.65. The third kappa shape index (κ3) is 6.01. The van der Waals surface area contributed by atoms with Gasteiger partial charge in [-0.05, 0) is 51.2 Å². The number of allylic oxidation sites excluding steroid dienone is 1. The van der Waals surface area contributed by atoms with Gasteiger partial charge in [0.25, 0.3) is 0 Å². The second-order valence-electron chi connectivity index (χ2n) is 7.27. The van der Waals surface area contributed by atoms with Crippen molar-refractivity contribution in [3.05, 3.63) is 35.3 Å². The average Bonchev–Trinajstić information content (AvgIpc) is 3.02. The average molecular weight is 345 g/mol. The lowest BCUT2D eigenvalue weighted by Crippen LogP contribution is -2.49. The van der Waals surface area contributed by atoms with Crippen molar-refractivity contribution in [3.8, 4) is 0 Å². The van der Waals surface area contributed by atoms with Gasteiger partial charge < -0.3 is 9.73 Å². The van der Waals surface area contributed by atoms with Crippen molar-refractivity contribution in [2.45, 2.75) is 45.6 Å². The summed E-state index contributed by atoms with van der Waals surface area (Å²) in [7, 11) is 0. The molecule has 2 heterocycles. The molecule has 0 aromatic carbocycles. The van der Waals surface area contributed by atoms with E-state index in [1.807, 2.05) is 13.0 Å². The number of furan rings is 1. The standard InChI is InChI=1S/C20H31N3O2/c1-17-7-8-19(25-17)15-22-11-13-23(14-12-22)16-20(24)21-10-9-18-5-3-2-4-6-18/h5,7-8H,2-4,6,9-16H2,1H3,(H,21,24). The first kappa shape index (κ1) is 18.2. The van der Waals surface area contributed by atoms with Gasteiger partial charge in [-0.25, -0.2) is 0 Å². The van der Waals surface area contributed by atoms with Gasteiger partial charge in [0.05, 0.1) is 13.1 Å². The Morgan fingerprint density at radius 2 is 1.96 bits per heavy atom. The molecule has 2 aliphatic rings. The number of carbonyl (C=O) groups is 1. The van der Waals surface area contributed by atoms with Gasteiger partial charge in [-0.1, -0.05) is 11.6 Å². The molecule has 25 heavy (non-hydrogen) atoms. The van der Waals surface area contributed by atoms with Gasteiger partial charge in [-0.3, -0.25) is 14.6 Å². The molecule has 0 atom stereocenters. The molecule has 1 aromatic rings. The summed E-state index contributed by atoms with van der Waals surface area (Å²) >= 11 is 0. The molecule has 0 unspecified atom stereocenters. The van der Waals surface area contributed by atoms with E-state index in [2.05, 4.69) is 27.3 Å². The Kier molecular flexibility index (Phi) is 6.70. The quantitative estimate of drug-likeness (QED) is 0.772. The SMILES string of the molecule is Cc1ccc(CN2CCN(CC(=O)NCCC3=CCCCC3)CC2)o1. The maximum atomic E-state index is 12.1. The Balaban J connectivity index is 1.30. The van der Waals surface area contributed by atoms with Gasteiger partial charge in [0.1, 0.15) is 11.5 Å². The van der Waals surface area contributed by atoms with E-state index in [0.717, 1.165) is 57.2 Å². The molecular formula is C20H31N3O2. The lowest BCUT2D eigenvalue weighted by atomic mass is 9.97. The maximum Gasteiger partial charge on any atom is 0.234 e. The summed E-state index contributed by atoms with van der Waals surface area (Å²) in [5, 5.41) is 3.08. The van der Waals surface area contributed by atoms with E-state index in [9.17, 15) is 4.79 Å². The van der Waals surface area contributed by atoms with Crippen LogP contribution in [0.25, 0.3) is 0 Å². The molecule has 1 aromatic heterocycles. The van der Waals surface area contributed by atoms with Gasteiger partial charge in [-0.15, -0.1) is 0 Å². The lowest BCUT2D eigenvalue weighted by molar-refractivity contribution is -0.122. The number of aryl methyl sites for hydroxylation is 1. The van der Waals surface area contributed by atoms with E-state index in [0.29, 0.717) is 6.54 Å². The van der Waals surface area contributed by atoms with Crippen molar-refractivity contribution in [2.75, 3.05) is 39.3 Å². The number of rotatable bonds is 7. The van der Waals surface area contributed by atoms with Crippen LogP contribution in [-0.2, 0) is 11.3 Å². The fraction of sp³-hybridized carbons (Fsp3) is 0.650. The molecule has 0 spiro atoms. The highest BCUT2D eigenvalue weighted by molar-refractivity contribution is 5.78. The third-order valence-corrected chi connectivity index (χ3v) is 5.16. The second kappa shape index (κ2) is 9.20. The number of nitrogens with one attached hydrogen (secondary N) is 1. The summed E-state index contributed by atoms with van der Waals surface area (Å²) in [4.78, 5) is 16.8. The Morgan fingerprint density at radius 1 is 1.16 bits per heavy atom. The molecule has 5 heteroatoms. The summed E-state index contributed by atoms with van der Waals surface area (Å²) in [5.41, 5.74) is 1.52. The number of piperazine rings is 1. The van der Waals surface area contributed by atoms with Crippen LogP contribution in [0.4, 0.5) is 0 Å². The molecule has 1 N–H and O–H groups in total. The first-order chi connectivity index (χ1) is 12.2. The van der Waals surface area contributed by atoms with Crippen LogP contribution in [0.5, 0.6) is 0 Å². The normalized spacial score (nSPS) is 19.6. The number of hydrogen-bond donors (Lipinski definition) is 1. The Bertz CT molecular complexity index is 586. The first-order valence-corrected chi connectivity index (χ1v) is 9.64. The third-order valence-electron chi connectivity index (χ3n) is 5.16. The molecule has 138 valence electrons. The summed E-state index contributed by atoms with van der Waals surface area (Å²) in [5.74, 6) is 2.15. The van der Waals surface area contributed by atoms with Crippen LogP contribution in [0.2, 0.25) is 0 Å². The van der Waals surface area contributed by atoms with E-state index < -0.39 is 0 Å². The second-order valence-corrected chi connectivity index (χ2v) is 7.27. The minimum atomic E-state index is 0.159. The zero-order valence-electron chi connectivity index (χ0n) is 15.4. The molecule has 0 saturated carbocycles. The van der Waals surface area contributed by atoms with Crippen LogP contribution in [0.1, 0.15) is 43.6 Å². The molecule has 0 radical (unpaired) electrons. The molecule has 1 aliphatic heterocycles. The van der Waals surface area contributed by atoms with Crippen molar-refractivity contribution in [1.82, 2.24) is 15.1 Å². The molecule has 3 rings (SSSR count). The van der Waals surface area contributed by atoms with Crippen molar-refractivity contribution in [3.63, 3.8) is 0 Å². The largest absolute Gasteiger partial charge is 0.465 e. The predicted octanol–water partition coefficient (Wildman–Crippen LogP) is 2.71. The summed E-state index contributed by atoms with van der Waals surface area (Å²) in [6.45, 7) is 8.00. The highest BCUT2D eigenvalue weighted by Crippen LogP contribution is 2.19. The van der Waals surface area contributed by atoms with Gasteiger partial charge in [0, 0.05) is 32.7 Å². The zero-order valence-corrected chi connectivity index (χ0v) is 15.4. The molecule has 1 saturated heterocycles. The van der Waals surface area contributed by atoms with E-state index in [1.54, 1.807) is 0 Å². The lowest BCUT2D eigenvalue weighted by Gasteiger charge is -2.33.